The average molecular weight is 384 g/mol. The number of nitrogens with zero attached hydrogens (tertiary/aromatic N) is 4. The molecule has 0 aliphatic carbocycles. The summed E-state index contributed by atoms with van der Waals surface area (Å²) in [6, 6.07) is 14.7. The van der Waals surface area contributed by atoms with Gasteiger partial charge in [0.25, 0.3) is 5.69 Å². The van der Waals surface area contributed by atoms with E-state index in [0.29, 0.717) is 6.61 Å². The lowest BCUT2D eigenvalue weighted by molar-refractivity contribution is -0.384. The Morgan fingerprint density at radius 2 is 1.89 bits per heavy atom. The molecule has 8 heteroatoms. The fraction of sp³-hybridized carbons (Fsp3) is 0.316. The molecule has 2 heterocycles. The molecule has 0 amide bonds. The van der Waals surface area contributed by atoms with E-state index in [-0.39, 0.29) is 10.6 Å². The first kappa shape index (κ1) is 17.7. The number of thiazole rings is 1. The molecule has 7 nitrogen and oxygen atoms in total. The second-order valence-electron chi connectivity index (χ2n) is 6.40. The number of hydrogen-bond donors (Lipinski definition) is 0. The molecule has 0 unspecified atom stereocenters. The number of ether oxygens (including phenoxy) is 1. The van der Waals surface area contributed by atoms with Gasteiger partial charge in [0.1, 0.15) is 12.4 Å². The molecule has 3 aromatic rings. The quantitative estimate of drug-likeness (QED) is 0.479. The van der Waals surface area contributed by atoms with Crippen molar-refractivity contribution in [3.05, 3.63) is 58.6 Å². The van der Waals surface area contributed by atoms with E-state index in [2.05, 4.69) is 14.8 Å². The summed E-state index contributed by atoms with van der Waals surface area (Å²) in [5, 5.41) is 11.9. The van der Waals surface area contributed by atoms with Gasteiger partial charge in [0.15, 0.2) is 5.13 Å². The Kier molecular flexibility index (Phi) is 5.17. The maximum absolute atomic E-state index is 10.9. The lowest BCUT2D eigenvalue weighted by atomic mass is 10.3. The number of nitro groups is 1. The predicted molar refractivity (Wildman–Crippen MR) is 107 cm³/mol. The lowest BCUT2D eigenvalue weighted by Gasteiger charge is -2.34. The molecule has 1 aliphatic rings. The van der Waals surface area contributed by atoms with E-state index in [4.69, 9.17) is 4.74 Å². The van der Waals surface area contributed by atoms with Crippen LogP contribution in [-0.4, -0.2) is 54.1 Å². The molecule has 0 bridgehead atoms. The molecule has 0 radical (unpaired) electrons. The first-order valence-electron chi connectivity index (χ1n) is 8.89. The minimum atomic E-state index is -0.366. The number of para-hydroxylation sites is 1. The highest BCUT2D eigenvalue weighted by atomic mass is 32.1. The van der Waals surface area contributed by atoms with Crippen molar-refractivity contribution < 1.29 is 9.66 Å². The van der Waals surface area contributed by atoms with Gasteiger partial charge in [0.05, 0.1) is 15.1 Å². The van der Waals surface area contributed by atoms with Gasteiger partial charge >= 0.3 is 0 Å². The predicted octanol–water partition coefficient (Wildman–Crippen LogP) is 3.41. The summed E-state index contributed by atoms with van der Waals surface area (Å²) in [6.07, 6.45) is 0. The van der Waals surface area contributed by atoms with Crippen molar-refractivity contribution in [3.63, 3.8) is 0 Å². The molecular weight excluding hydrogens is 364 g/mol. The number of hydrogen-bond acceptors (Lipinski definition) is 7. The van der Waals surface area contributed by atoms with Crippen molar-refractivity contribution >= 4 is 32.4 Å². The van der Waals surface area contributed by atoms with Gasteiger partial charge in [-0.05, 0) is 18.2 Å². The number of nitro benzene ring substituents is 1. The van der Waals surface area contributed by atoms with E-state index in [0.717, 1.165) is 53.8 Å². The van der Waals surface area contributed by atoms with E-state index in [1.165, 1.54) is 17.4 Å². The van der Waals surface area contributed by atoms with Crippen LogP contribution in [0.5, 0.6) is 5.75 Å². The Balaban J connectivity index is 1.31. The zero-order chi connectivity index (χ0) is 18.6. The normalized spacial score (nSPS) is 15.2. The maximum Gasteiger partial charge on any atom is 0.270 e. The van der Waals surface area contributed by atoms with Crippen LogP contribution in [0, 0.1) is 10.1 Å². The van der Waals surface area contributed by atoms with Crippen LogP contribution in [0.25, 0.3) is 10.2 Å². The third-order valence-corrected chi connectivity index (χ3v) is 5.71. The van der Waals surface area contributed by atoms with Crippen molar-refractivity contribution in [1.29, 1.82) is 0 Å². The Hall–Kier alpha value is -2.71. The van der Waals surface area contributed by atoms with Crippen molar-refractivity contribution in [3.8, 4) is 5.75 Å². The Bertz CT molecular complexity index is 923. The lowest BCUT2D eigenvalue weighted by Crippen LogP contribution is -2.47. The Morgan fingerprint density at radius 1 is 1.11 bits per heavy atom. The van der Waals surface area contributed by atoms with E-state index in [1.807, 2.05) is 30.3 Å². The maximum atomic E-state index is 10.9. The van der Waals surface area contributed by atoms with E-state index >= 15 is 0 Å². The summed E-state index contributed by atoms with van der Waals surface area (Å²) in [4.78, 5) is 19.8. The van der Waals surface area contributed by atoms with Crippen LogP contribution in [0.4, 0.5) is 10.8 Å². The Morgan fingerprint density at radius 3 is 2.63 bits per heavy atom. The number of aromatic nitrogens is 1. The van der Waals surface area contributed by atoms with Gasteiger partial charge in [-0.25, -0.2) is 4.98 Å². The largest absolute Gasteiger partial charge is 0.492 e. The minimum absolute atomic E-state index is 0.112. The molecule has 140 valence electrons. The second kappa shape index (κ2) is 7.89. The number of fused-ring (bicyclic) bond motifs is 1. The molecule has 1 saturated heterocycles. The summed E-state index contributed by atoms with van der Waals surface area (Å²) in [5.74, 6) is 0.903. The number of non-ortho nitro benzene ring substituents is 1. The molecule has 1 aromatic heterocycles. The zero-order valence-electron chi connectivity index (χ0n) is 14.8. The molecule has 0 saturated carbocycles. The molecular formula is C19H20N4O3S. The number of piperazine rings is 1. The molecule has 1 fully saturated rings. The second-order valence-corrected chi connectivity index (χ2v) is 7.40. The van der Waals surface area contributed by atoms with Crippen LogP contribution in [-0.2, 0) is 0 Å². The highest BCUT2D eigenvalue weighted by Gasteiger charge is 2.20. The zero-order valence-corrected chi connectivity index (χ0v) is 15.6. The van der Waals surface area contributed by atoms with Crippen LogP contribution in [0.1, 0.15) is 0 Å². The summed E-state index contributed by atoms with van der Waals surface area (Å²) in [6.45, 7) is 5.27. The monoisotopic (exact) mass is 384 g/mol. The van der Waals surface area contributed by atoms with Gasteiger partial charge < -0.3 is 9.64 Å². The van der Waals surface area contributed by atoms with Crippen molar-refractivity contribution in [2.75, 3.05) is 44.2 Å². The van der Waals surface area contributed by atoms with Crippen LogP contribution in [0.3, 0.4) is 0 Å². The Labute approximate surface area is 161 Å². The standard InChI is InChI=1S/C19H20N4O3S/c24-23(25)15-6-7-17-18(14-15)27-19(20-17)22-10-8-21(9-11-22)12-13-26-16-4-2-1-3-5-16/h1-7,14H,8-13H2. The third kappa shape index (κ3) is 4.17. The van der Waals surface area contributed by atoms with E-state index in [1.54, 1.807) is 12.1 Å². The van der Waals surface area contributed by atoms with Crippen LogP contribution in [0.15, 0.2) is 48.5 Å². The van der Waals surface area contributed by atoms with Gasteiger partial charge in [0.2, 0.25) is 0 Å². The topological polar surface area (TPSA) is 71.7 Å². The van der Waals surface area contributed by atoms with Gasteiger partial charge in [0, 0.05) is 44.9 Å². The fourth-order valence-corrected chi connectivity index (χ4v) is 4.17. The van der Waals surface area contributed by atoms with Gasteiger partial charge in [-0.2, -0.15) is 0 Å². The molecule has 2 aromatic carbocycles. The smallest absolute Gasteiger partial charge is 0.270 e. The SMILES string of the molecule is O=[N+]([O-])c1ccc2nc(N3CCN(CCOc4ccccc4)CC3)sc2c1. The van der Waals surface area contributed by atoms with Crippen molar-refractivity contribution in [2.45, 2.75) is 0 Å². The van der Waals surface area contributed by atoms with Gasteiger partial charge in [-0.3, -0.25) is 15.0 Å². The first-order valence-corrected chi connectivity index (χ1v) is 9.71. The highest BCUT2D eigenvalue weighted by Crippen LogP contribution is 2.31. The van der Waals surface area contributed by atoms with Crippen LogP contribution in [0.2, 0.25) is 0 Å². The minimum Gasteiger partial charge on any atom is -0.492 e. The van der Waals surface area contributed by atoms with Gasteiger partial charge in [-0.1, -0.05) is 29.5 Å². The molecule has 0 N–H and O–H groups in total. The summed E-state index contributed by atoms with van der Waals surface area (Å²) >= 11 is 1.52. The fourth-order valence-electron chi connectivity index (χ4n) is 3.12. The van der Waals surface area contributed by atoms with Crippen LogP contribution >= 0.6 is 11.3 Å². The highest BCUT2D eigenvalue weighted by molar-refractivity contribution is 7.22. The summed E-state index contributed by atoms with van der Waals surface area (Å²) < 4.78 is 6.63. The number of benzene rings is 2. The molecule has 1 aliphatic heterocycles. The summed E-state index contributed by atoms with van der Waals surface area (Å²) in [5.41, 5.74) is 0.931. The third-order valence-electron chi connectivity index (χ3n) is 4.63. The first-order chi connectivity index (χ1) is 13.2. The van der Waals surface area contributed by atoms with Crippen molar-refractivity contribution in [1.82, 2.24) is 9.88 Å². The number of rotatable bonds is 6. The van der Waals surface area contributed by atoms with Crippen LogP contribution < -0.4 is 9.64 Å². The average Bonchev–Trinajstić information content (AvgIpc) is 3.12. The molecule has 0 spiro atoms. The van der Waals surface area contributed by atoms with E-state index < -0.39 is 0 Å². The molecule has 4 rings (SSSR count). The number of anilines is 1. The van der Waals surface area contributed by atoms with Crippen molar-refractivity contribution in [2.24, 2.45) is 0 Å². The summed E-state index contributed by atoms with van der Waals surface area (Å²) in [7, 11) is 0. The van der Waals surface area contributed by atoms with Gasteiger partial charge in [-0.15, -0.1) is 0 Å². The molecule has 27 heavy (non-hydrogen) atoms. The molecule has 0 atom stereocenters. The van der Waals surface area contributed by atoms with E-state index in [9.17, 15) is 10.1 Å².